The van der Waals surface area contributed by atoms with Gasteiger partial charge in [0.2, 0.25) is 10.0 Å². The first-order valence-corrected chi connectivity index (χ1v) is 9.12. The molecule has 2 aromatic rings. The summed E-state index contributed by atoms with van der Waals surface area (Å²) in [5.74, 6) is 5.29. The molecular formula is C14H17N3O2S2. The summed E-state index contributed by atoms with van der Waals surface area (Å²) in [6.45, 7) is 0. The molecule has 1 unspecified atom stereocenters. The van der Waals surface area contributed by atoms with Crippen molar-refractivity contribution in [1.82, 2.24) is 4.72 Å². The molecule has 1 aliphatic rings. The van der Waals surface area contributed by atoms with Gasteiger partial charge >= 0.3 is 0 Å². The zero-order chi connectivity index (χ0) is 14.9. The third kappa shape index (κ3) is 2.96. The first-order valence-electron chi connectivity index (χ1n) is 6.75. The normalized spacial score (nSPS) is 18.2. The number of nitrogens with one attached hydrogen (secondary N) is 2. The van der Waals surface area contributed by atoms with Gasteiger partial charge in [-0.2, -0.15) is 0 Å². The van der Waals surface area contributed by atoms with Crippen LogP contribution in [0.5, 0.6) is 0 Å². The average Bonchev–Trinajstić information content (AvgIpc) is 2.97. The molecule has 0 saturated heterocycles. The van der Waals surface area contributed by atoms with Crippen molar-refractivity contribution >= 4 is 27.0 Å². The molecule has 0 radical (unpaired) electrons. The number of hydrogen-bond acceptors (Lipinski definition) is 5. The van der Waals surface area contributed by atoms with Gasteiger partial charge in [-0.3, -0.25) is 5.84 Å². The predicted octanol–water partition coefficient (Wildman–Crippen LogP) is 2.39. The molecule has 0 fully saturated rings. The SMILES string of the molecule is NNc1ccc(S(=O)(=O)NC2CCCc3sccc32)cc1. The predicted molar refractivity (Wildman–Crippen MR) is 84.6 cm³/mol. The van der Waals surface area contributed by atoms with Crippen molar-refractivity contribution in [3.8, 4) is 0 Å². The van der Waals surface area contributed by atoms with Crippen molar-refractivity contribution < 1.29 is 8.42 Å². The topological polar surface area (TPSA) is 84.2 Å². The Morgan fingerprint density at radius 2 is 1.95 bits per heavy atom. The number of sulfonamides is 1. The third-order valence-electron chi connectivity index (χ3n) is 3.68. The van der Waals surface area contributed by atoms with Gasteiger partial charge in [-0.25, -0.2) is 13.1 Å². The van der Waals surface area contributed by atoms with E-state index in [-0.39, 0.29) is 10.9 Å². The molecule has 0 spiro atoms. The van der Waals surface area contributed by atoms with Gasteiger partial charge in [0, 0.05) is 16.6 Å². The maximum atomic E-state index is 12.5. The quantitative estimate of drug-likeness (QED) is 0.596. The molecule has 0 amide bonds. The van der Waals surface area contributed by atoms with Crippen LogP contribution >= 0.6 is 11.3 Å². The second kappa shape index (κ2) is 5.76. The van der Waals surface area contributed by atoms with Crippen LogP contribution in [0.1, 0.15) is 29.3 Å². The van der Waals surface area contributed by atoms with Crippen LogP contribution in [0, 0.1) is 0 Å². The number of aryl methyl sites for hydroxylation is 1. The van der Waals surface area contributed by atoms with Gasteiger partial charge in [-0.05, 0) is 60.5 Å². The summed E-state index contributed by atoms with van der Waals surface area (Å²) < 4.78 is 27.8. The zero-order valence-corrected chi connectivity index (χ0v) is 13.0. The molecule has 1 aromatic carbocycles. The number of hydrogen-bond donors (Lipinski definition) is 3. The highest BCUT2D eigenvalue weighted by Gasteiger charge is 2.26. The van der Waals surface area contributed by atoms with E-state index >= 15 is 0 Å². The Bertz CT molecular complexity index is 723. The van der Waals surface area contributed by atoms with Crippen LogP contribution in [0.15, 0.2) is 40.6 Å². The average molecular weight is 323 g/mol. The molecule has 1 atom stereocenters. The van der Waals surface area contributed by atoms with E-state index in [0.717, 1.165) is 24.8 Å². The van der Waals surface area contributed by atoms with Gasteiger partial charge in [0.25, 0.3) is 0 Å². The minimum absolute atomic E-state index is 0.127. The van der Waals surface area contributed by atoms with Crippen molar-refractivity contribution in [2.24, 2.45) is 5.84 Å². The summed E-state index contributed by atoms with van der Waals surface area (Å²) in [4.78, 5) is 1.54. The second-order valence-electron chi connectivity index (χ2n) is 5.03. The smallest absolute Gasteiger partial charge is 0.241 e. The summed E-state index contributed by atoms with van der Waals surface area (Å²) in [6.07, 6.45) is 2.89. The molecule has 1 heterocycles. The summed E-state index contributed by atoms with van der Waals surface area (Å²) >= 11 is 1.70. The van der Waals surface area contributed by atoms with Gasteiger partial charge in [0.15, 0.2) is 0 Å². The molecule has 4 N–H and O–H groups in total. The fourth-order valence-electron chi connectivity index (χ4n) is 2.59. The van der Waals surface area contributed by atoms with Crippen LogP contribution in [-0.4, -0.2) is 8.42 Å². The van der Waals surface area contributed by atoms with E-state index in [1.807, 2.05) is 11.4 Å². The summed E-state index contributed by atoms with van der Waals surface area (Å²) in [7, 11) is -3.52. The number of thiophene rings is 1. The van der Waals surface area contributed by atoms with E-state index in [2.05, 4.69) is 10.1 Å². The van der Waals surface area contributed by atoms with Crippen LogP contribution in [0.2, 0.25) is 0 Å². The Kier molecular flexibility index (Phi) is 3.99. The van der Waals surface area contributed by atoms with Crippen LogP contribution < -0.4 is 16.0 Å². The van der Waals surface area contributed by atoms with Gasteiger partial charge in [-0.1, -0.05) is 0 Å². The largest absolute Gasteiger partial charge is 0.324 e. The highest BCUT2D eigenvalue weighted by molar-refractivity contribution is 7.89. The molecule has 0 bridgehead atoms. The number of anilines is 1. The summed E-state index contributed by atoms with van der Waals surface area (Å²) in [5, 5.41) is 2.03. The standard InChI is InChI=1S/C14H17N3O2S2/c15-16-10-4-6-11(7-5-10)21(18,19)17-13-2-1-3-14-12(13)8-9-20-14/h4-9,13,16-17H,1-3,15H2. The monoisotopic (exact) mass is 323 g/mol. The first kappa shape index (κ1) is 14.5. The molecule has 3 rings (SSSR count). The van der Waals surface area contributed by atoms with Crippen molar-refractivity contribution in [2.45, 2.75) is 30.2 Å². The maximum Gasteiger partial charge on any atom is 0.241 e. The van der Waals surface area contributed by atoms with Crippen molar-refractivity contribution in [1.29, 1.82) is 0 Å². The lowest BCUT2D eigenvalue weighted by Gasteiger charge is -2.23. The molecule has 5 nitrogen and oxygen atoms in total. The highest BCUT2D eigenvalue weighted by Crippen LogP contribution is 2.34. The molecule has 0 saturated carbocycles. The Morgan fingerprint density at radius 1 is 1.19 bits per heavy atom. The van der Waals surface area contributed by atoms with E-state index < -0.39 is 10.0 Å². The summed E-state index contributed by atoms with van der Waals surface area (Å²) in [5.41, 5.74) is 4.28. The maximum absolute atomic E-state index is 12.5. The lowest BCUT2D eigenvalue weighted by Crippen LogP contribution is -2.30. The van der Waals surface area contributed by atoms with Crippen LogP contribution in [0.3, 0.4) is 0 Å². The number of nitrogen functional groups attached to an aromatic ring is 1. The van der Waals surface area contributed by atoms with E-state index in [0.29, 0.717) is 5.69 Å². The van der Waals surface area contributed by atoms with E-state index in [9.17, 15) is 8.42 Å². The number of fused-ring (bicyclic) bond motifs is 1. The van der Waals surface area contributed by atoms with E-state index in [1.54, 1.807) is 35.6 Å². The van der Waals surface area contributed by atoms with Crippen molar-refractivity contribution in [3.63, 3.8) is 0 Å². The fraction of sp³-hybridized carbons (Fsp3) is 0.286. The molecule has 0 aliphatic heterocycles. The third-order valence-corrected chi connectivity index (χ3v) is 6.16. The Balaban J connectivity index is 1.84. The van der Waals surface area contributed by atoms with Crippen LogP contribution in [0.25, 0.3) is 0 Å². The Morgan fingerprint density at radius 3 is 2.67 bits per heavy atom. The minimum atomic E-state index is -3.52. The highest BCUT2D eigenvalue weighted by atomic mass is 32.2. The second-order valence-corrected chi connectivity index (χ2v) is 7.75. The number of nitrogens with two attached hydrogens (primary N) is 1. The molecule has 1 aromatic heterocycles. The summed E-state index contributed by atoms with van der Waals surface area (Å²) in [6, 6.07) is 8.28. The Labute approximate surface area is 128 Å². The molecule has 1 aliphatic carbocycles. The zero-order valence-electron chi connectivity index (χ0n) is 11.4. The molecular weight excluding hydrogens is 306 g/mol. The fourth-order valence-corrected chi connectivity index (χ4v) is 4.83. The van der Waals surface area contributed by atoms with Gasteiger partial charge in [-0.15, -0.1) is 11.3 Å². The number of benzene rings is 1. The van der Waals surface area contributed by atoms with Crippen molar-refractivity contribution in [3.05, 3.63) is 46.2 Å². The minimum Gasteiger partial charge on any atom is -0.324 e. The first-order chi connectivity index (χ1) is 10.1. The van der Waals surface area contributed by atoms with Crippen LogP contribution in [0.4, 0.5) is 5.69 Å². The molecule has 7 heteroatoms. The van der Waals surface area contributed by atoms with E-state index in [4.69, 9.17) is 5.84 Å². The Hall–Kier alpha value is -1.41. The van der Waals surface area contributed by atoms with E-state index in [1.165, 1.54) is 4.88 Å². The van der Waals surface area contributed by atoms with Crippen molar-refractivity contribution in [2.75, 3.05) is 5.43 Å². The number of rotatable bonds is 4. The number of hydrazine groups is 1. The van der Waals surface area contributed by atoms with Gasteiger partial charge < -0.3 is 5.43 Å². The van der Waals surface area contributed by atoms with Crippen LogP contribution in [-0.2, 0) is 16.4 Å². The molecule has 112 valence electrons. The van der Waals surface area contributed by atoms with Gasteiger partial charge in [0.1, 0.15) is 0 Å². The lowest BCUT2D eigenvalue weighted by molar-refractivity contribution is 0.511. The molecule has 21 heavy (non-hydrogen) atoms. The van der Waals surface area contributed by atoms with Gasteiger partial charge in [0.05, 0.1) is 4.90 Å². The lowest BCUT2D eigenvalue weighted by atomic mass is 9.95.